The predicted octanol–water partition coefficient (Wildman–Crippen LogP) is 2.51. The van der Waals surface area contributed by atoms with E-state index in [1.807, 2.05) is 30.3 Å². The van der Waals surface area contributed by atoms with Gasteiger partial charge in [0, 0.05) is 30.2 Å². The molecule has 0 amide bonds. The normalized spacial score (nSPS) is 15.4. The quantitative estimate of drug-likeness (QED) is 0.745. The molecule has 0 radical (unpaired) electrons. The zero-order chi connectivity index (χ0) is 17.2. The van der Waals surface area contributed by atoms with Gasteiger partial charge in [-0.1, -0.05) is 18.2 Å². The lowest BCUT2D eigenvalue weighted by atomic mass is 9.89. The fraction of sp³-hybridized carbons (Fsp3) is 0.263. The predicted molar refractivity (Wildman–Crippen MR) is 96.2 cm³/mol. The molecule has 4 rings (SSSR count). The van der Waals surface area contributed by atoms with E-state index in [2.05, 4.69) is 19.9 Å². The second-order valence-electron chi connectivity index (χ2n) is 6.32. The third-order valence-corrected chi connectivity index (χ3v) is 4.84. The maximum atomic E-state index is 12.4. The number of benzene rings is 1. The molecule has 3 heterocycles. The molecule has 1 aliphatic heterocycles. The van der Waals surface area contributed by atoms with Gasteiger partial charge in [0.1, 0.15) is 17.8 Å². The molecule has 0 bridgehead atoms. The summed E-state index contributed by atoms with van der Waals surface area (Å²) in [4.78, 5) is 36.6. The summed E-state index contributed by atoms with van der Waals surface area (Å²) in [5, 5.41) is 1.06. The SMILES string of the molecule is O=Cc1cc(N2CCC(c3cc4ccccc4[nH]c3=O)CC2)ncn1. The fourth-order valence-corrected chi connectivity index (χ4v) is 3.49. The van der Waals surface area contributed by atoms with Gasteiger partial charge in [-0.15, -0.1) is 0 Å². The van der Waals surface area contributed by atoms with Gasteiger partial charge < -0.3 is 9.88 Å². The van der Waals surface area contributed by atoms with E-state index in [1.54, 1.807) is 6.07 Å². The minimum absolute atomic E-state index is 0.00225. The number of nitrogens with zero attached hydrogens (tertiary/aromatic N) is 3. The number of piperidine rings is 1. The summed E-state index contributed by atoms with van der Waals surface area (Å²) in [6.45, 7) is 1.60. The molecule has 1 fully saturated rings. The molecule has 2 aromatic heterocycles. The van der Waals surface area contributed by atoms with Crippen molar-refractivity contribution in [3.05, 3.63) is 64.3 Å². The lowest BCUT2D eigenvalue weighted by Crippen LogP contribution is -2.35. The van der Waals surface area contributed by atoms with Gasteiger partial charge >= 0.3 is 0 Å². The maximum absolute atomic E-state index is 12.4. The Morgan fingerprint density at radius 3 is 2.72 bits per heavy atom. The highest BCUT2D eigenvalue weighted by Gasteiger charge is 2.24. The van der Waals surface area contributed by atoms with Crippen molar-refractivity contribution >= 4 is 23.0 Å². The van der Waals surface area contributed by atoms with Crippen LogP contribution in [0.5, 0.6) is 0 Å². The van der Waals surface area contributed by atoms with E-state index in [1.165, 1.54) is 6.33 Å². The maximum Gasteiger partial charge on any atom is 0.251 e. The molecule has 0 saturated carbocycles. The summed E-state index contributed by atoms with van der Waals surface area (Å²) in [5.41, 5.74) is 2.12. The Hall–Kier alpha value is -3.02. The molecule has 1 aliphatic rings. The van der Waals surface area contributed by atoms with Crippen LogP contribution in [0.4, 0.5) is 5.82 Å². The summed E-state index contributed by atoms with van der Waals surface area (Å²) in [6, 6.07) is 11.6. The fourth-order valence-electron chi connectivity index (χ4n) is 3.49. The number of aromatic nitrogens is 3. The van der Waals surface area contributed by atoms with E-state index in [-0.39, 0.29) is 11.5 Å². The molecule has 126 valence electrons. The second-order valence-corrected chi connectivity index (χ2v) is 6.32. The Balaban J connectivity index is 1.54. The van der Waals surface area contributed by atoms with E-state index in [0.717, 1.165) is 54.5 Å². The van der Waals surface area contributed by atoms with Crippen molar-refractivity contribution in [2.45, 2.75) is 18.8 Å². The van der Waals surface area contributed by atoms with Crippen molar-refractivity contribution in [1.29, 1.82) is 0 Å². The molecule has 25 heavy (non-hydrogen) atoms. The molecule has 0 spiro atoms. The number of anilines is 1. The third-order valence-electron chi connectivity index (χ3n) is 4.84. The number of aromatic amines is 1. The number of H-pyrrole nitrogens is 1. The molecule has 1 N–H and O–H groups in total. The van der Waals surface area contributed by atoms with E-state index in [9.17, 15) is 9.59 Å². The van der Waals surface area contributed by atoms with Crippen LogP contribution < -0.4 is 10.5 Å². The van der Waals surface area contributed by atoms with E-state index in [0.29, 0.717) is 5.69 Å². The average molecular weight is 334 g/mol. The van der Waals surface area contributed by atoms with Gasteiger partial charge in [0.05, 0.1) is 0 Å². The number of fused-ring (bicyclic) bond motifs is 1. The number of nitrogens with one attached hydrogen (secondary N) is 1. The third kappa shape index (κ3) is 3.03. The Morgan fingerprint density at radius 1 is 1.12 bits per heavy atom. The molecule has 6 nitrogen and oxygen atoms in total. The van der Waals surface area contributed by atoms with Crippen molar-refractivity contribution in [1.82, 2.24) is 15.0 Å². The number of carbonyl (C=O) groups excluding carboxylic acids is 1. The molecule has 0 atom stereocenters. The van der Waals surface area contributed by atoms with Crippen LogP contribution in [0.25, 0.3) is 10.9 Å². The van der Waals surface area contributed by atoms with Gasteiger partial charge in [-0.3, -0.25) is 9.59 Å². The van der Waals surface area contributed by atoms with E-state index in [4.69, 9.17) is 0 Å². The highest BCUT2D eigenvalue weighted by molar-refractivity contribution is 5.78. The van der Waals surface area contributed by atoms with E-state index >= 15 is 0 Å². The smallest absolute Gasteiger partial charge is 0.251 e. The number of carbonyl (C=O) groups is 1. The number of pyridine rings is 1. The lowest BCUT2D eigenvalue weighted by Gasteiger charge is -2.32. The van der Waals surface area contributed by atoms with Gasteiger partial charge in [-0.2, -0.15) is 0 Å². The van der Waals surface area contributed by atoms with Crippen LogP contribution in [0, 0.1) is 0 Å². The summed E-state index contributed by atoms with van der Waals surface area (Å²) in [5.74, 6) is 1.000. The highest BCUT2D eigenvalue weighted by atomic mass is 16.1. The molecule has 0 unspecified atom stereocenters. The van der Waals surface area contributed by atoms with Crippen molar-refractivity contribution < 1.29 is 4.79 Å². The van der Waals surface area contributed by atoms with Crippen LogP contribution in [0.1, 0.15) is 34.8 Å². The Morgan fingerprint density at radius 2 is 1.92 bits per heavy atom. The van der Waals surface area contributed by atoms with E-state index < -0.39 is 0 Å². The summed E-state index contributed by atoms with van der Waals surface area (Å²) in [7, 11) is 0. The standard InChI is InChI=1S/C19H18N4O2/c24-11-15-10-18(21-12-20-15)23-7-5-13(6-8-23)16-9-14-3-1-2-4-17(14)22-19(16)25/h1-4,9-13H,5-8H2,(H,22,25). The first-order valence-electron chi connectivity index (χ1n) is 8.39. The molecular formula is C19H18N4O2. The minimum atomic E-state index is 0.00225. The molecule has 0 aliphatic carbocycles. The minimum Gasteiger partial charge on any atom is -0.356 e. The van der Waals surface area contributed by atoms with Crippen LogP contribution in [0.2, 0.25) is 0 Å². The average Bonchev–Trinajstić information content (AvgIpc) is 2.67. The zero-order valence-corrected chi connectivity index (χ0v) is 13.7. The molecule has 1 saturated heterocycles. The summed E-state index contributed by atoms with van der Waals surface area (Å²) >= 11 is 0. The van der Waals surface area contributed by atoms with Crippen molar-refractivity contribution in [2.75, 3.05) is 18.0 Å². The van der Waals surface area contributed by atoms with Crippen LogP contribution in [-0.2, 0) is 0 Å². The van der Waals surface area contributed by atoms with Crippen molar-refractivity contribution in [3.8, 4) is 0 Å². The number of para-hydroxylation sites is 1. The van der Waals surface area contributed by atoms with Gasteiger partial charge in [-0.05, 0) is 36.3 Å². The first kappa shape index (κ1) is 15.5. The van der Waals surface area contributed by atoms with Crippen molar-refractivity contribution in [2.24, 2.45) is 0 Å². The molecular weight excluding hydrogens is 316 g/mol. The van der Waals surface area contributed by atoms with Crippen LogP contribution in [-0.4, -0.2) is 34.3 Å². The van der Waals surface area contributed by atoms with Gasteiger partial charge in [0.25, 0.3) is 5.56 Å². The van der Waals surface area contributed by atoms with Gasteiger partial charge in [0.15, 0.2) is 6.29 Å². The number of aldehydes is 1. The number of rotatable bonds is 3. The molecule has 6 heteroatoms. The Kier molecular flexibility index (Phi) is 4.01. The zero-order valence-electron chi connectivity index (χ0n) is 13.7. The van der Waals surface area contributed by atoms with Crippen LogP contribution in [0.15, 0.2) is 47.5 Å². The summed E-state index contributed by atoms with van der Waals surface area (Å²) < 4.78 is 0. The molecule has 1 aromatic carbocycles. The first-order chi connectivity index (χ1) is 12.2. The largest absolute Gasteiger partial charge is 0.356 e. The number of hydrogen-bond acceptors (Lipinski definition) is 5. The van der Waals surface area contributed by atoms with Gasteiger partial charge in [-0.25, -0.2) is 9.97 Å². The topological polar surface area (TPSA) is 79.0 Å². The summed E-state index contributed by atoms with van der Waals surface area (Å²) in [6.07, 6.45) is 3.90. The Bertz CT molecular complexity index is 974. The second kappa shape index (κ2) is 6.47. The van der Waals surface area contributed by atoms with Crippen LogP contribution >= 0.6 is 0 Å². The number of hydrogen-bond donors (Lipinski definition) is 1. The lowest BCUT2D eigenvalue weighted by molar-refractivity contribution is 0.111. The first-order valence-corrected chi connectivity index (χ1v) is 8.39. The van der Waals surface area contributed by atoms with Crippen molar-refractivity contribution in [3.63, 3.8) is 0 Å². The highest BCUT2D eigenvalue weighted by Crippen LogP contribution is 2.29. The van der Waals surface area contributed by atoms with Gasteiger partial charge in [0.2, 0.25) is 0 Å². The van der Waals surface area contributed by atoms with Crippen LogP contribution in [0.3, 0.4) is 0 Å². The Labute approximate surface area is 144 Å². The molecule has 3 aromatic rings. The monoisotopic (exact) mass is 334 g/mol.